The van der Waals surface area contributed by atoms with Crippen molar-refractivity contribution in [3.63, 3.8) is 0 Å². The molecule has 0 fully saturated rings. The fourth-order valence-electron chi connectivity index (χ4n) is 3.01. The topological polar surface area (TPSA) is 81.9 Å². The predicted octanol–water partition coefficient (Wildman–Crippen LogP) is 3.64. The molecule has 29 heavy (non-hydrogen) atoms. The molecule has 0 radical (unpaired) electrons. The Labute approximate surface area is 178 Å². The molecule has 7 nitrogen and oxygen atoms in total. The highest BCUT2D eigenvalue weighted by molar-refractivity contribution is 7.98. The van der Waals surface area contributed by atoms with Crippen molar-refractivity contribution in [1.29, 1.82) is 0 Å². The van der Waals surface area contributed by atoms with Gasteiger partial charge in [-0.15, -0.1) is 11.3 Å². The molecule has 1 N–H and O–H groups in total. The molecule has 0 saturated carbocycles. The lowest BCUT2D eigenvalue weighted by atomic mass is 10.2. The van der Waals surface area contributed by atoms with Crippen LogP contribution in [0.3, 0.4) is 0 Å². The van der Waals surface area contributed by atoms with Crippen molar-refractivity contribution in [3.05, 3.63) is 45.5 Å². The zero-order valence-corrected chi connectivity index (χ0v) is 18.7. The van der Waals surface area contributed by atoms with Crippen LogP contribution in [0.25, 0.3) is 17.2 Å². The molecule has 0 spiro atoms. The Morgan fingerprint density at radius 2 is 2.21 bits per heavy atom. The monoisotopic (exact) mass is 431 g/mol. The van der Waals surface area contributed by atoms with Gasteiger partial charge in [-0.1, -0.05) is 0 Å². The number of methoxy groups -OCH3 is 1. The van der Waals surface area contributed by atoms with E-state index in [0.717, 1.165) is 23.4 Å². The fourth-order valence-corrected chi connectivity index (χ4v) is 4.38. The third kappa shape index (κ3) is 5.04. The van der Waals surface area contributed by atoms with Crippen LogP contribution in [0.5, 0.6) is 0 Å². The molecule has 0 aliphatic carbocycles. The second kappa shape index (κ2) is 10.00. The van der Waals surface area contributed by atoms with Gasteiger partial charge in [0.2, 0.25) is 0 Å². The maximum absolute atomic E-state index is 12.6. The Hall–Kier alpha value is -2.23. The van der Waals surface area contributed by atoms with E-state index in [4.69, 9.17) is 9.72 Å². The molecular formula is C20H25N5O2S2. The van der Waals surface area contributed by atoms with Gasteiger partial charge in [-0.2, -0.15) is 21.5 Å². The summed E-state index contributed by atoms with van der Waals surface area (Å²) in [6, 6.07) is 4.01. The van der Waals surface area contributed by atoms with Gasteiger partial charge in [0, 0.05) is 35.2 Å². The number of aromatic nitrogens is 4. The van der Waals surface area contributed by atoms with Gasteiger partial charge in [0.05, 0.1) is 29.8 Å². The Kier molecular flexibility index (Phi) is 7.40. The third-order valence-corrected chi connectivity index (χ3v) is 6.02. The molecule has 3 aromatic rings. The number of hydrogen-bond acceptors (Lipinski definition) is 7. The molecule has 0 aliphatic rings. The second-order valence-corrected chi connectivity index (χ2v) is 8.97. The van der Waals surface area contributed by atoms with Gasteiger partial charge >= 0.3 is 0 Å². The third-order valence-electron chi connectivity index (χ3n) is 4.35. The standard InChI is InChI=1S/C20H25N5O2S2/c1-13-10-15(14(2)29-13)17-6-8-22-20(24-17)25-18(12-27-3)16(11-23-25)19(26)21-7-5-9-28-4/h6,8,10-11H,5,7,9,12H2,1-4H3,(H,21,26). The van der Waals surface area contributed by atoms with Gasteiger partial charge in [-0.3, -0.25) is 4.79 Å². The van der Waals surface area contributed by atoms with Gasteiger partial charge in [0.25, 0.3) is 11.9 Å². The highest BCUT2D eigenvalue weighted by atomic mass is 32.2. The summed E-state index contributed by atoms with van der Waals surface area (Å²) in [6.07, 6.45) is 6.24. The first kappa shape index (κ1) is 21.5. The van der Waals surface area contributed by atoms with E-state index in [0.29, 0.717) is 23.8 Å². The first-order valence-electron chi connectivity index (χ1n) is 9.29. The average Bonchev–Trinajstić information content (AvgIpc) is 3.28. The molecular weight excluding hydrogens is 406 g/mol. The molecule has 0 aromatic carbocycles. The Morgan fingerprint density at radius 3 is 2.90 bits per heavy atom. The molecule has 0 atom stereocenters. The van der Waals surface area contributed by atoms with Gasteiger partial charge in [-0.05, 0) is 44.4 Å². The summed E-state index contributed by atoms with van der Waals surface area (Å²) < 4.78 is 6.90. The van der Waals surface area contributed by atoms with E-state index in [1.54, 1.807) is 47.3 Å². The van der Waals surface area contributed by atoms with Crippen molar-refractivity contribution in [3.8, 4) is 17.2 Å². The maximum Gasteiger partial charge on any atom is 0.254 e. The summed E-state index contributed by atoms with van der Waals surface area (Å²) in [4.78, 5) is 24.1. The summed E-state index contributed by atoms with van der Waals surface area (Å²) in [5.74, 6) is 1.26. The molecule has 0 aliphatic heterocycles. The van der Waals surface area contributed by atoms with Crippen LogP contribution in [-0.4, -0.2) is 51.3 Å². The van der Waals surface area contributed by atoms with E-state index < -0.39 is 0 Å². The summed E-state index contributed by atoms with van der Waals surface area (Å²) in [6.45, 7) is 5.02. The normalized spacial score (nSPS) is 11.0. The van der Waals surface area contributed by atoms with Crippen LogP contribution < -0.4 is 5.32 Å². The van der Waals surface area contributed by atoms with Crippen LogP contribution in [0.15, 0.2) is 24.5 Å². The second-order valence-electron chi connectivity index (χ2n) is 6.52. The number of carbonyl (C=O) groups is 1. The number of thioether (sulfide) groups is 1. The van der Waals surface area contributed by atoms with Gasteiger partial charge in [-0.25, -0.2) is 9.97 Å². The number of amides is 1. The molecule has 1 amide bonds. The number of rotatable bonds is 9. The van der Waals surface area contributed by atoms with Crippen molar-refractivity contribution in [2.24, 2.45) is 0 Å². The first-order valence-corrected chi connectivity index (χ1v) is 11.5. The van der Waals surface area contributed by atoms with E-state index in [9.17, 15) is 4.79 Å². The Bertz CT molecular complexity index is 983. The minimum absolute atomic E-state index is 0.162. The molecule has 0 saturated heterocycles. The van der Waals surface area contributed by atoms with Crippen LogP contribution in [0.1, 0.15) is 32.2 Å². The van der Waals surface area contributed by atoms with Crippen molar-refractivity contribution in [2.45, 2.75) is 26.9 Å². The van der Waals surface area contributed by atoms with Crippen LogP contribution >= 0.6 is 23.1 Å². The van der Waals surface area contributed by atoms with Gasteiger partial charge in [0.15, 0.2) is 0 Å². The number of aryl methyl sites for hydroxylation is 2. The molecule has 0 bridgehead atoms. The molecule has 154 valence electrons. The van der Waals surface area contributed by atoms with E-state index in [1.807, 2.05) is 6.07 Å². The number of ether oxygens (including phenoxy) is 1. The van der Waals surface area contributed by atoms with Crippen LogP contribution in [0.2, 0.25) is 0 Å². The summed E-state index contributed by atoms with van der Waals surface area (Å²) in [7, 11) is 1.59. The smallest absolute Gasteiger partial charge is 0.254 e. The van der Waals surface area contributed by atoms with Crippen LogP contribution in [0, 0.1) is 13.8 Å². The highest BCUT2D eigenvalue weighted by Gasteiger charge is 2.20. The minimum Gasteiger partial charge on any atom is -0.378 e. The van der Waals surface area contributed by atoms with E-state index >= 15 is 0 Å². The Balaban J connectivity index is 1.91. The SMILES string of the molecule is COCc1c(C(=O)NCCCSC)cnn1-c1nccc(-c2cc(C)sc2C)n1. The number of thiophene rings is 1. The fraction of sp³-hybridized carbons (Fsp3) is 0.400. The van der Waals surface area contributed by atoms with Crippen molar-refractivity contribution < 1.29 is 9.53 Å². The van der Waals surface area contributed by atoms with Crippen molar-refractivity contribution >= 4 is 29.0 Å². The van der Waals surface area contributed by atoms with Crippen LogP contribution in [0.4, 0.5) is 0 Å². The molecule has 9 heteroatoms. The molecule has 3 heterocycles. The summed E-state index contributed by atoms with van der Waals surface area (Å²) in [5.41, 5.74) is 3.03. The number of nitrogens with one attached hydrogen (secondary N) is 1. The molecule has 3 aromatic heterocycles. The number of nitrogens with zero attached hydrogens (tertiary/aromatic N) is 4. The van der Waals surface area contributed by atoms with E-state index in [2.05, 4.69) is 41.6 Å². The average molecular weight is 432 g/mol. The predicted molar refractivity (Wildman–Crippen MR) is 118 cm³/mol. The van der Waals surface area contributed by atoms with E-state index in [-0.39, 0.29) is 12.5 Å². The summed E-state index contributed by atoms with van der Waals surface area (Å²) in [5, 5.41) is 7.33. The Morgan fingerprint density at radius 1 is 1.38 bits per heavy atom. The zero-order valence-electron chi connectivity index (χ0n) is 17.1. The lowest BCUT2D eigenvalue weighted by molar-refractivity contribution is 0.0948. The summed E-state index contributed by atoms with van der Waals surface area (Å²) >= 11 is 3.50. The highest BCUT2D eigenvalue weighted by Crippen LogP contribution is 2.29. The van der Waals surface area contributed by atoms with Gasteiger partial charge in [0.1, 0.15) is 0 Å². The molecule has 3 rings (SSSR count). The van der Waals surface area contributed by atoms with E-state index in [1.165, 1.54) is 9.75 Å². The lowest BCUT2D eigenvalue weighted by Crippen LogP contribution is -2.26. The molecule has 0 unspecified atom stereocenters. The number of carbonyl (C=O) groups excluding carboxylic acids is 1. The largest absolute Gasteiger partial charge is 0.378 e. The first-order chi connectivity index (χ1) is 14.0. The maximum atomic E-state index is 12.6. The van der Waals surface area contributed by atoms with Gasteiger partial charge < -0.3 is 10.1 Å². The lowest BCUT2D eigenvalue weighted by Gasteiger charge is -2.09. The van der Waals surface area contributed by atoms with Crippen LogP contribution in [-0.2, 0) is 11.3 Å². The van der Waals surface area contributed by atoms with Crippen molar-refractivity contribution in [1.82, 2.24) is 25.1 Å². The number of hydrogen-bond donors (Lipinski definition) is 1. The zero-order chi connectivity index (χ0) is 20.8. The quantitative estimate of drug-likeness (QED) is 0.521. The minimum atomic E-state index is -0.162. The van der Waals surface area contributed by atoms with Crippen molar-refractivity contribution in [2.75, 3.05) is 25.7 Å².